The Kier molecular flexibility index (Phi) is 4.79. The number of para-hydroxylation sites is 1. The molecule has 0 saturated carbocycles. The van der Waals surface area contributed by atoms with Crippen molar-refractivity contribution in [2.45, 2.75) is 6.54 Å². The summed E-state index contributed by atoms with van der Waals surface area (Å²) in [6, 6.07) is 18.5. The van der Waals surface area contributed by atoms with E-state index in [0.29, 0.717) is 23.6 Å². The lowest BCUT2D eigenvalue weighted by Crippen LogP contribution is -2.12. The molecule has 2 heterocycles. The summed E-state index contributed by atoms with van der Waals surface area (Å²) in [5.74, 6) is 0.936. The van der Waals surface area contributed by atoms with Crippen LogP contribution in [0.15, 0.2) is 73.2 Å². The number of pyridine rings is 1. The molecule has 0 spiro atoms. The average molecular weight is 370 g/mol. The van der Waals surface area contributed by atoms with Gasteiger partial charge in [0.2, 0.25) is 0 Å². The van der Waals surface area contributed by atoms with Gasteiger partial charge in [-0.1, -0.05) is 24.3 Å². The molecular weight excluding hydrogens is 352 g/mol. The summed E-state index contributed by atoms with van der Waals surface area (Å²) in [6.45, 7) is 0.587. The molecule has 0 aliphatic carbocycles. The smallest absolute Gasteiger partial charge is 0.255 e. The molecule has 4 rings (SSSR count). The van der Waals surface area contributed by atoms with Crippen LogP contribution in [0.5, 0.6) is 0 Å². The predicted octanol–water partition coefficient (Wildman–Crippen LogP) is 3.47. The van der Waals surface area contributed by atoms with Crippen molar-refractivity contribution in [3.8, 4) is 0 Å². The first-order chi connectivity index (χ1) is 13.7. The van der Waals surface area contributed by atoms with Crippen LogP contribution in [-0.2, 0) is 6.54 Å². The highest BCUT2D eigenvalue weighted by molar-refractivity contribution is 6.04. The van der Waals surface area contributed by atoms with Crippen molar-refractivity contribution in [3.05, 3.63) is 84.3 Å². The van der Waals surface area contributed by atoms with Crippen LogP contribution in [-0.4, -0.2) is 20.9 Å². The first-order valence-corrected chi connectivity index (χ1v) is 8.74. The SMILES string of the molecule is Nc1cc(NC(=O)c2ccc(CNc3ncnc4ccccc34)cc2)ccn1. The van der Waals surface area contributed by atoms with Gasteiger partial charge in [0.15, 0.2) is 0 Å². The fourth-order valence-electron chi connectivity index (χ4n) is 2.83. The Morgan fingerprint density at radius 3 is 2.61 bits per heavy atom. The van der Waals surface area contributed by atoms with E-state index in [0.717, 1.165) is 22.3 Å². The van der Waals surface area contributed by atoms with E-state index in [2.05, 4.69) is 25.6 Å². The molecule has 1 amide bonds. The summed E-state index contributed by atoms with van der Waals surface area (Å²) >= 11 is 0. The van der Waals surface area contributed by atoms with Crippen LogP contribution in [0, 0.1) is 0 Å². The first kappa shape index (κ1) is 17.4. The van der Waals surface area contributed by atoms with E-state index in [1.165, 1.54) is 0 Å². The number of carbonyl (C=O) groups is 1. The summed E-state index contributed by atoms with van der Waals surface area (Å²) in [7, 11) is 0. The lowest BCUT2D eigenvalue weighted by atomic mass is 10.1. The third kappa shape index (κ3) is 3.88. The van der Waals surface area contributed by atoms with E-state index in [9.17, 15) is 4.79 Å². The molecule has 0 saturated heterocycles. The molecular formula is C21H18N6O. The van der Waals surface area contributed by atoms with Gasteiger partial charge >= 0.3 is 0 Å². The summed E-state index contributed by atoms with van der Waals surface area (Å²) in [5, 5.41) is 7.10. The van der Waals surface area contributed by atoms with E-state index < -0.39 is 0 Å². The van der Waals surface area contributed by atoms with Crippen LogP contribution in [0.3, 0.4) is 0 Å². The predicted molar refractivity (Wildman–Crippen MR) is 110 cm³/mol. The Morgan fingerprint density at radius 2 is 1.79 bits per heavy atom. The summed E-state index contributed by atoms with van der Waals surface area (Å²) in [4.78, 5) is 24.8. The van der Waals surface area contributed by atoms with Gasteiger partial charge in [-0.25, -0.2) is 15.0 Å². The van der Waals surface area contributed by atoms with E-state index in [4.69, 9.17) is 5.73 Å². The van der Waals surface area contributed by atoms with Gasteiger partial charge in [0, 0.05) is 35.4 Å². The largest absolute Gasteiger partial charge is 0.384 e. The summed E-state index contributed by atoms with van der Waals surface area (Å²) in [6.07, 6.45) is 3.10. The molecule has 0 radical (unpaired) electrons. The number of amides is 1. The Labute approximate surface area is 161 Å². The highest BCUT2D eigenvalue weighted by atomic mass is 16.1. The lowest BCUT2D eigenvalue weighted by Gasteiger charge is -2.09. The summed E-state index contributed by atoms with van der Waals surface area (Å²) in [5.41, 5.74) is 8.73. The van der Waals surface area contributed by atoms with Gasteiger partial charge in [0.05, 0.1) is 5.52 Å². The molecule has 2 aromatic carbocycles. The lowest BCUT2D eigenvalue weighted by molar-refractivity contribution is 0.102. The molecule has 0 fully saturated rings. The van der Waals surface area contributed by atoms with Crippen LogP contribution >= 0.6 is 0 Å². The topological polar surface area (TPSA) is 106 Å². The fraction of sp³-hybridized carbons (Fsp3) is 0.0476. The van der Waals surface area contributed by atoms with Crippen molar-refractivity contribution >= 4 is 34.1 Å². The highest BCUT2D eigenvalue weighted by Gasteiger charge is 2.07. The van der Waals surface area contributed by atoms with Gasteiger partial charge in [-0.3, -0.25) is 4.79 Å². The molecule has 0 atom stereocenters. The van der Waals surface area contributed by atoms with Gasteiger partial charge in [0.1, 0.15) is 18.0 Å². The average Bonchev–Trinajstić information content (AvgIpc) is 2.72. The third-order valence-corrected chi connectivity index (χ3v) is 4.26. The van der Waals surface area contributed by atoms with Crippen molar-refractivity contribution < 1.29 is 4.79 Å². The fourth-order valence-corrected chi connectivity index (χ4v) is 2.83. The Balaban J connectivity index is 1.42. The molecule has 138 valence electrons. The molecule has 0 bridgehead atoms. The normalized spacial score (nSPS) is 10.6. The molecule has 7 heteroatoms. The zero-order valence-corrected chi connectivity index (χ0v) is 15.0. The zero-order valence-electron chi connectivity index (χ0n) is 15.0. The number of rotatable bonds is 5. The minimum Gasteiger partial charge on any atom is -0.384 e. The van der Waals surface area contributed by atoms with Crippen LogP contribution in [0.1, 0.15) is 15.9 Å². The Hall–Kier alpha value is -4.00. The van der Waals surface area contributed by atoms with Crippen molar-refractivity contribution in [2.75, 3.05) is 16.4 Å². The van der Waals surface area contributed by atoms with Crippen molar-refractivity contribution in [1.29, 1.82) is 0 Å². The number of nitrogens with zero attached hydrogens (tertiary/aromatic N) is 3. The monoisotopic (exact) mass is 370 g/mol. The Bertz CT molecular complexity index is 1120. The molecule has 28 heavy (non-hydrogen) atoms. The van der Waals surface area contributed by atoms with Gasteiger partial charge in [-0.2, -0.15) is 0 Å². The van der Waals surface area contributed by atoms with Gasteiger partial charge in [0.25, 0.3) is 5.91 Å². The number of anilines is 3. The minimum atomic E-state index is -0.202. The third-order valence-electron chi connectivity index (χ3n) is 4.26. The number of fused-ring (bicyclic) bond motifs is 1. The second-order valence-electron chi connectivity index (χ2n) is 6.21. The molecule has 7 nitrogen and oxygen atoms in total. The van der Waals surface area contributed by atoms with Crippen LogP contribution in [0.2, 0.25) is 0 Å². The minimum absolute atomic E-state index is 0.202. The molecule has 2 aromatic heterocycles. The molecule has 4 N–H and O–H groups in total. The van der Waals surface area contributed by atoms with Crippen LogP contribution in [0.25, 0.3) is 10.9 Å². The van der Waals surface area contributed by atoms with E-state index in [1.54, 1.807) is 36.8 Å². The van der Waals surface area contributed by atoms with Crippen LogP contribution in [0.4, 0.5) is 17.3 Å². The maximum absolute atomic E-state index is 12.4. The van der Waals surface area contributed by atoms with Gasteiger partial charge in [-0.05, 0) is 35.9 Å². The maximum Gasteiger partial charge on any atom is 0.255 e. The molecule has 0 aliphatic heterocycles. The quantitative estimate of drug-likeness (QED) is 0.497. The van der Waals surface area contributed by atoms with Crippen molar-refractivity contribution in [2.24, 2.45) is 0 Å². The van der Waals surface area contributed by atoms with E-state index in [1.807, 2.05) is 36.4 Å². The number of nitrogens with one attached hydrogen (secondary N) is 2. The second-order valence-corrected chi connectivity index (χ2v) is 6.21. The number of carbonyl (C=O) groups excluding carboxylic acids is 1. The zero-order chi connectivity index (χ0) is 19.3. The van der Waals surface area contributed by atoms with Crippen molar-refractivity contribution in [1.82, 2.24) is 15.0 Å². The van der Waals surface area contributed by atoms with Gasteiger partial charge < -0.3 is 16.4 Å². The summed E-state index contributed by atoms with van der Waals surface area (Å²) < 4.78 is 0. The van der Waals surface area contributed by atoms with Crippen molar-refractivity contribution in [3.63, 3.8) is 0 Å². The Morgan fingerprint density at radius 1 is 0.964 bits per heavy atom. The number of nitrogen functional groups attached to an aromatic ring is 1. The number of aromatic nitrogens is 3. The van der Waals surface area contributed by atoms with E-state index >= 15 is 0 Å². The second kappa shape index (κ2) is 7.71. The highest BCUT2D eigenvalue weighted by Crippen LogP contribution is 2.19. The number of hydrogen-bond donors (Lipinski definition) is 3. The number of benzene rings is 2. The standard InChI is InChI=1S/C21H18N6O/c22-19-11-16(9-10-23-19)27-21(28)15-7-5-14(6-8-15)12-24-20-17-3-1-2-4-18(17)25-13-26-20/h1-11,13H,12H2,(H,24,25,26)(H3,22,23,27,28). The molecule has 0 aliphatic rings. The first-order valence-electron chi connectivity index (χ1n) is 8.74. The number of hydrogen-bond acceptors (Lipinski definition) is 6. The maximum atomic E-state index is 12.4. The molecule has 0 unspecified atom stereocenters. The van der Waals surface area contributed by atoms with Gasteiger partial charge in [-0.15, -0.1) is 0 Å². The molecule has 4 aromatic rings. The number of nitrogens with two attached hydrogens (primary N) is 1. The van der Waals surface area contributed by atoms with Crippen LogP contribution < -0.4 is 16.4 Å². The van der Waals surface area contributed by atoms with E-state index in [-0.39, 0.29) is 5.91 Å².